The molecule has 0 spiro atoms. The molecule has 0 fully saturated rings. The number of hydrogen-bond acceptors (Lipinski definition) is 5. The lowest BCUT2D eigenvalue weighted by molar-refractivity contribution is 0.0940. The molecule has 0 aliphatic rings. The van der Waals surface area contributed by atoms with Crippen molar-refractivity contribution < 1.29 is 9.59 Å². The van der Waals surface area contributed by atoms with Crippen LogP contribution in [0.15, 0.2) is 46.1 Å². The number of nitrogens with zero attached hydrogens (tertiary/aromatic N) is 2. The van der Waals surface area contributed by atoms with Gasteiger partial charge in [-0.05, 0) is 31.5 Å². The molecule has 9 heteroatoms. The quantitative estimate of drug-likeness (QED) is 0.602. The van der Waals surface area contributed by atoms with Crippen LogP contribution < -0.4 is 21.9 Å². The van der Waals surface area contributed by atoms with Crippen LogP contribution in [-0.4, -0.2) is 32.4 Å². The second-order valence-corrected chi connectivity index (χ2v) is 6.70. The molecule has 3 N–H and O–H groups in total. The average Bonchev–Trinajstić information content (AvgIpc) is 2.71. The molecule has 1 aromatic carbocycles. The van der Waals surface area contributed by atoms with Gasteiger partial charge >= 0.3 is 5.69 Å². The predicted molar refractivity (Wildman–Crippen MR) is 109 cm³/mol. The minimum absolute atomic E-state index is 0.00526. The second-order valence-electron chi connectivity index (χ2n) is 6.70. The first-order valence-electron chi connectivity index (χ1n) is 9.12. The van der Waals surface area contributed by atoms with Crippen LogP contribution in [0.5, 0.6) is 0 Å². The lowest BCUT2D eigenvalue weighted by Gasteiger charge is -2.14. The summed E-state index contributed by atoms with van der Waals surface area (Å²) in [5, 5.41) is 5.66. The zero-order chi connectivity index (χ0) is 21.1. The Morgan fingerprint density at radius 1 is 1.21 bits per heavy atom. The van der Waals surface area contributed by atoms with E-state index < -0.39 is 17.2 Å². The van der Waals surface area contributed by atoms with E-state index in [1.165, 1.54) is 23.9 Å². The summed E-state index contributed by atoms with van der Waals surface area (Å²) < 4.78 is 1.19. The summed E-state index contributed by atoms with van der Waals surface area (Å²) in [6, 6.07) is 8.00. The molecule has 2 heterocycles. The Kier molecular flexibility index (Phi) is 5.58. The van der Waals surface area contributed by atoms with Crippen molar-refractivity contribution >= 4 is 28.5 Å². The van der Waals surface area contributed by atoms with Crippen molar-refractivity contribution in [2.75, 3.05) is 5.32 Å². The lowest BCUT2D eigenvalue weighted by atomic mass is 10.1. The van der Waals surface area contributed by atoms with Gasteiger partial charge in [-0.2, -0.15) is 0 Å². The second kappa shape index (κ2) is 8.09. The Morgan fingerprint density at radius 2 is 1.93 bits per heavy atom. The van der Waals surface area contributed by atoms with Gasteiger partial charge in [0.15, 0.2) is 0 Å². The summed E-state index contributed by atoms with van der Waals surface area (Å²) in [4.78, 5) is 55.2. The van der Waals surface area contributed by atoms with Crippen molar-refractivity contribution in [3.05, 3.63) is 68.5 Å². The van der Waals surface area contributed by atoms with Gasteiger partial charge in [0.25, 0.3) is 17.4 Å². The molecule has 3 rings (SSSR count). The number of hydrogen-bond donors (Lipinski definition) is 3. The van der Waals surface area contributed by atoms with E-state index in [1.54, 1.807) is 24.3 Å². The number of anilines is 1. The maximum absolute atomic E-state index is 12.7. The zero-order valence-corrected chi connectivity index (χ0v) is 16.3. The number of carbonyl (C=O) groups is 2. The zero-order valence-electron chi connectivity index (χ0n) is 16.3. The number of nitrogens with one attached hydrogen (secondary N) is 3. The number of pyridine rings is 1. The van der Waals surface area contributed by atoms with Crippen molar-refractivity contribution in [3.63, 3.8) is 0 Å². The first-order chi connectivity index (χ1) is 13.8. The molecule has 2 amide bonds. The van der Waals surface area contributed by atoms with Gasteiger partial charge in [0.05, 0.1) is 22.2 Å². The van der Waals surface area contributed by atoms with Gasteiger partial charge in [0.1, 0.15) is 5.65 Å². The van der Waals surface area contributed by atoms with E-state index in [9.17, 15) is 19.2 Å². The molecule has 3 aromatic rings. The van der Waals surface area contributed by atoms with Crippen molar-refractivity contribution in [1.29, 1.82) is 0 Å². The molecule has 0 unspecified atom stereocenters. The topological polar surface area (TPSA) is 126 Å². The van der Waals surface area contributed by atoms with E-state index in [4.69, 9.17) is 0 Å². The molecule has 0 saturated carbocycles. The number of rotatable bonds is 5. The summed E-state index contributed by atoms with van der Waals surface area (Å²) in [5.41, 5.74) is -0.252. The number of H-pyrrole nitrogens is 1. The summed E-state index contributed by atoms with van der Waals surface area (Å²) in [5.74, 6) is -0.824. The number of para-hydroxylation sites is 1. The van der Waals surface area contributed by atoms with Crippen molar-refractivity contribution in [2.45, 2.75) is 26.3 Å². The smallest absolute Gasteiger partial charge is 0.329 e. The molecule has 0 aliphatic heterocycles. The van der Waals surface area contributed by atoms with E-state index in [1.807, 2.05) is 13.8 Å². The fourth-order valence-corrected chi connectivity index (χ4v) is 2.75. The van der Waals surface area contributed by atoms with Gasteiger partial charge in [0, 0.05) is 19.3 Å². The highest BCUT2D eigenvalue weighted by Crippen LogP contribution is 2.17. The number of amides is 2. The van der Waals surface area contributed by atoms with Crippen molar-refractivity contribution in [1.82, 2.24) is 19.9 Å². The molecule has 0 aliphatic carbocycles. The Balaban J connectivity index is 1.93. The summed E-state index contributed by atoms with van der Waals surface area (Å²) >= 11 is 0. The molecule has 150 valence electrons. The fraction of sp³-hybridized carbons (Fsp3) is 0.250. The van der Waals surface area contributed by atoms with Gasteiger partial charge < -0.3 is 10.6 Å². The van der Waals surface area contributed by atoms with Gasteiger partial charge in [-0.25, -0.2) is 9.78 Å². The maximum atomic E-state index is 12.7. The Bertz CT molecular complexity index is 1210. The summed E-state index contributed by atoms with van der Waals surface area (Å²) in [6.45, 7) is 3.85. The van der Waals surface area contributed by atoms with Gasteiger partial charge in [-0.15, -0.1) is 0 Å². The molecular weight excluding hydrogens is 374 g/mol. The van der Waals surface area contributed by atoms with Gasteiger partial charge in [-0.3, -0.25) is 23.9 Å². The molecule has 1 atom stereocenters. The van der Waals surface area contributed by atoms with E-state index in [-0.39, 0.29) is 28.5 Å². The van der Waals surface area contributed by atoms with Gasteiger partial charge in [-0.1, -0.05) is 19.1 Å². The minimum Gasteiger partial charge on any atom is -0.350 e. The molecule has 0 saturated heterocycles. The van der Waals surface area contributed by atoms with Crippen LogP contribution in [-0.2, 0) is 7.05 Å². The van der Waals surface area contributed by atoms with Crippen molar-refractivity contribution in [3.8, 4) is 0 Å². The lowest BCUT2D eigenvalue weighted by Crippen LogP contribution is -2.32. The average molecular weight is 395 g/mol. The van der Waals surface area contributed by atoms with Crippen LogP contribution in [0.1, 0.15) is 41.0 Å². The highest BCUT2D eigenvalue weighted by molar-refractivity contribution is 6.09. The molecular formula is C20H21N5O4. The number of carbonyl (C=O) groups excluding carboxylic acids is 2. The monoisotopic (exact) mass is 395 g/mol. The summed E-state index contributed by atoms with van der Waals surface area (Å²) in [7, 11) is 1.47. The van der Waals surface area contributed by atoms with Crippen LogP contribution in [0.2, 0.25) is 0 Å². The highest BCUT2D eigenvalue weighted by atomic mass is 16.2. The van der Waals surface area contributed by atoms with Crippen LogP contribution in [0.25, 0.3) is 11.0 Å². The van der Waals surface area contributed by atoms with Crippen molar-refractivity contribution in [2.24, 2.45) is 7.05 Å². The number of aromatic nitrogens is 3. The standard InChI is InChI=1S/C20H21N5O4/c1-4-11(2)22-18(27)13-7-5-6-8-15(13)23-17(26)12-9-14-16(21-10-12)25(3)20(29)24-19(14)28/h5-11H,4H2,1-3H3,(H,22,27)(H,23,26)(H,24,28,29)/t11-/m0/s1. The maximum Gasteiger partial charge on any atom is 0.329 e. The number of aryl methyl sites for hydroxylation is 1. The number of aromatic amines is 1. The molecule has 2 aromatic heterocycles. The Labute approximate surface area is 165 Å². The van der Waals surface area contributed by atoms with E-state index in [2.05, 4.69) is 20.6 Å². The van der Waals surface area contributed by atoms with Crippen LogP contribution in [0.4, 0.5) is 5.69 Å². The Morgan fingerprint density at radius 3 is 2.66 bits per heavy atom. The highest BCUT2D eigenvalue weighted by Gasteiger charge is 2.17. The molecule has 0 bridgehead atoms. The third kappa shape index (κ3) is 4.08. The van der Waals surface area contributed by atoms with Crippen LogP contribution in [0, 0.1) is 0 Å². The van der Waals surface area contributed by atoms with Gasteiger partial charge in [0.2, 0.25) is 0 Å². The normalized spacial score (nSPS) is 11.8. The third-order valence-electron chi connectivity index (χ3n) is 4.63. The number of fused-ring (bicyclic) bond motifs is 1. The predicted octanol–water partition coefficient (Wildman–Crippen LogP) is 1.40. The first-order valence-corrected chi connectivity index (χ1v) is 9.12. The largest absolute Gasteiger partial charge is 0.350 e. The molecule has 29 heavy (non-hydrogen) atoms. The van der Waals surface area contributed by atoms with E-state index >= 15 is 0 Å². The first kappa shape index (κ1) is 20.0. The van der Waals surface area contributed by atoms with Crippen LogP contribution in [0.3, 0.4) is 0 Å². The van der Waals surface area contributed by atoms with Crippen LogP contribution >= 0.6 is 0 Å². The number of benzene rings is 1. The Hall–Kier alpha value is -3.75. The third-order valence-corrected chi connectivity index (χ3v) is 4.63. The van der Waals surface area contributed by atoms with E-state index in [0.717, 1.165) is 6.42 Å². The SMILES string of the molecule is CC[C@H](C)NC(=O)c1ccccc1NC(=O)c1cnc2c(c1)c(=O)[nH]c(=O)n2C. The fourth-order valence-electron chi connectivity index (χ4n) is 2.75. The van der Waals surface area contributed by atoms with E-state index in [0.29, 0.717) is 11.3 Å². The summed E-state index contributed by atoms with van der Waals surface area (Å²) in [6.07, 6.45) is 2.05. The molecule has 9 nitrogen and oxygen atoms in total. The molecule has 0 radical (unpaired) electrons. The minimum atomic E-state index is -0.626.